The molecule has 0 saturated heterocycles. The first-order valence-corrected chi connectivity index (χ1v) is 16.3. The summed E-state index contributed by atoms with van der Waals surface area (Å²) >= 11 is 0. The SMILES string of the molecule is c1ccc(-c2ccc(-c3nc4ccccc4nc3-n3c4ccccc4c4cc(-n5c6ccccc6c6ccccc65)ccc43)cc2)cc1. The smallest absolute Gasteiger partial charge is 0.165 e. The second-order valence-corrected chi connectivity index (χ2v) is 12.3. The number of para-hydroxylation sites is 5. The van der Waals surface area contributed by atoms with Gasteiger partial charge in [0.15, 0.2) is 5.82 Å². The highest BCUT2D eigenvalue weighted by Gasteiger charge is 2.20. The minimum Gasteiger partial charge on any atom is -0.309 e. The predicted molar refractivity (Wildman–Crippen MR) is 199 cm³/mol. The quantitative estimate of drug-likeness (QED) is 0.198. The van der Waals surface area contributed by atoms with E-state index in [9.17, 15) is 0 Å². The van der Waals surface area contributed by atoms with Gasteiger partial charge in [0, 0.05) is 32.8 Å². The standard InChI is InChI=1S/C44H28N4/c1-2-12-29(13-3-1)30-22-24-31(25-23-30)43-44(46-38-18-8-7-17-37(38)45-43)48-41-21-11-6-16-35(41)36-28-32(26-27-42(36)48)47-39-19-9-4-14-33(39)34-15-5-10-20-40(34)47/h1-28H. The van der Waals surface area contributed by atoms with Crippen LogP contribution >= 0.6 is 0 Å². The molecule has 0 N–H and O–H groups in total. The summed E-state index contributed by atoms with van der Waals surface area (Å²) in [4.78, 5) is 10.6. The maximum Gasteiger partial charge on any atom is 0.165 e. The third kappa shape index (κ3) is 4.03. The minimum atomic E-state index is 0.817. The van der Waals surface area contributed by atoms with Crippen LogP contribution in [0.5, 0.6) is 0 Å². The number of nitrogens with zero attached hydrogens (tertiary/aromatic N) is 4. The van der Waals surface area contributed by atoms with Crippen LogP contribution in [0.4, 0.5) is 0 Å². The van der Waals surface area contributed by atoms with Crippen LogP contribution in [0, 0.1) is 0 Å². The molecule has 0 aliphatic heterocycles. The van der Waals surface area contributed by atoms with E-state index in [4.69, 9.17) is 9.97 Å². The fourth-order valence-electron chi connectivity index (χ4n) is 7.32. The van der Waals surface area contributed by atoms with Crippen molar-refractivity contribution < 1.29 is 0 Å². The summed E-state index contributed by atoms with van der Waals surface area (Å²) in [5, 5.41) is 4.86. The number of hydrogen-bond acceptors (Lipinski definition) is 2. The lowest BCUT2D eigenvalue weighted by molar-refractivity contribution is 1.08. The van der Waals surface area contributed by atoms with Crippen LogP contribution < -0.4 is 0 Å². The molecule has 4 heteroatoms. The number of rotatable bonds is 4. The summed E-state index contributed by atoms with van der Waals surface area (Å²) in [6.07, 6.45) is 0. The molecule has 10 aromatic rings. The zero-order valence-corrected chi connectivity index (χ0v) is 26.0. The maximum absolute atomic E-state index is 5.32. The largest absolute Gasteiger partial charge is 0.309 e. The average Bonchev–Trinajstić information content (AvgIpc) is 3.67. The van der Waals surface area contributed by atoms with Gasteiger partial charge in [0.1, 0.15) is 5.69 Å². The molecule has 0 bridgehead atoms. The highest BCUT2D eigenvalue weighted by molar-refractivity contribution is 6.12. The van der Waals surface area contributed by atoms with Gasteiger partial charge < -0.3 is 4.57 Å². The van der Waals surface area contributed by atoms with Crippen molar-refractivity contribution in [2.24, 2.45) is 0 Å². The van der Waals surface area contributed by atoms with Crippen molar-refractivity contribution in [1.82, 2.24) is 19.1 Å². The minimum absolute atomic E-state index is 0.817. The molecule has 0 spiro atoms. The average molecular weight is 613 g/mol. The van der Waals surface area contributed by atoms with E-state index in [2.05, 4.69) is 149 Å². The van der Waals surface area contributed by atoms with Crippen molar-refractivity contribution in [3.8, 4) is 33.9 Å². The molecule has 48 heavy (non-hydrogen) atoms. The van der Waals surface area contributed by atoms with Gasteiger partial charge in [0.05, 0.1) is 33.1 Å². The number of hydrogen-bond donors (Lipinski definition) is 0. The number of fused-ring (bicyclic) bond motifs is 7. The first kappa shape index (κ1) is 26.7. The Morgan fingerprint density at radius 3 is 1.48 bits per heavy atom. The molecule has 0 aliphatic carbocycles. The van der Waals surface area contributed by atoms with Crippen LogP contribution in [0.1, 0.15) is 0 Å². The third-order valence-electron chi connectivity index (χ3n) is 9.52. The number of benzene rings is 7. The molecule has 3 aromatic heterocycles. The first-order valence-electron chi connectivity index (χ1n) is 16.3. The molecule has 0 fully saturated rings. The Balaban J connectivity index is 1.23. The molecule has 0 unspecified atom stereocenters. The lowest BCUT2D eigenvalue weighted by Gasteiger charge is -2.14. The van der Waals surface area contributed by atoms with Crippen molar-refractivity contribution in [3.63, 3.8) is 0 Å². The van der Waals surface area contributed by atoms with Gasteiger partial charge in [0.25, 0.3) is 0 Å². The van der Waals surface area contributed by atoms with E-state index in [1.807, 2.05) is 30.3 Å². The summed E-state index contributed by atoms with van der Waals surface area (Å²) in [5.74, 6) is 0.817. The van der Waals surface area contributed by atoms with Gasteiger partial charge in [-0.3, -0.25) is 4.57 Å². The van der Waals surface area contributed by atoms with Gasteiger partial charge in [-0.25, -0.2) is 9.97 Å². The van der Waals surface area contributed by atoms with Gasteiger partial charge in [-0.05, 0) is 59.7 Å². The Bertz CT molecular complexity index is 2770. The summed E-state index contributed by atoms with van der Waals surface area (Å²) in [6.45, 7) is 0. The molecule has 0 atom stereocenters. The van der Waals surface area contributed by atoms with Gasteiger partial charge in [-0.15, -0.1) is 0 Å². The topological polar surface area (TPSA) is 35.6 Å². The summed E-state index contributed by atoms with van der Waals surface area (Å²) in [5.41, 5.74) is 11.7. The van der Waals surface area contributed by atoms with E-state index in [1.165, 1.54) is 43.7 Å². The normalized spacial score (nSPS) is 11.8. The van der Waals surface area contributed by atoms with Crippen LogP contribution in [0.15, 0.2) is 170 Å². The Labute approximate surface area is 276 Å². The molecule has 0 saturated carbocycles. The highest BCUT2D eigenvalue weighted by atomic mass is 15.1. The maximum atomic E-state index is 5.32. The molecule has 0 amide bonds. The lowest BCUT2D eigenvalue weighted by atomic mass is 10.0. The molecule has 0 aliphatic rings. The summed E-state index contributed by atoms with van der Waals surface area (Å²) in [7, 11) is 0. The monoisotopic (exact) mass is 612 g/mol. The zero-order valence-electron chi connectivity index (χ0n) is 26.0. The zero-order chi connectivity index (χ0) is 31.6. The van der Waals surface area contributed by atoms with Gasteiger partial charge >= 0.3 is 0 Å². The van der Waals surface area contributed by atoms with Crippen molar-refractivity contribution in [1.29, 1.82) is 0 Å². The number of aromatic nitrogens is 4. The molecule has 4 nitrogen and oxygen atoms in total. The molecular formula is C44H28N4. The Morgan fingerprint density at radius 1 is 0.333 bits per heavy atom. The lowest BCUT2D eigenvalue weighted by Crippen LogP contribution is -2.03. The van der Waals surface area contributed by atoms with Crippen molar-refractivity contribution in [3.05, 3.63) is 170 Å². The summed E-state index contributed by atoms with van der Waals surface area (Å²) in [6, 6.07) is 60.1. The van der Waals surface area contributed by atoms with E-state index < -0.39 is 0 Å². The molecule has 224 valence electrons. The first-order chi connectivity index (χ1) is 23.8. The van der Waals surface area contributed by atoms with Crippen molar-refractivity contribution in [2.75, 3.05) is 0 Å². The molecule has 7 aromatic carbocycles. The van der Waals surface area contributed by atoms with E-state index in [0.29, 0.717) is 0 Å². The van der Waals surface area contributed by atoms with Gasteiger partial charge in [0.2, 0.25) is 0 Å². The van der Waals surface area contributed by atoms with E-state index in [1.54, 1.807) is 0 Å². The second-order valence-electron chi connectivity index (χ2n) is 12.3. The molecule has 10 rings (SSSR count). The molecule has 3 heterocycles. The predicted octanol–water partition coefficient (Wildman–Crippen LogP) is 11.2. The highest BCUT2D eigenvalue weighted by Crippen LogP contribution is 2.38. The fourth-order valence-corrected chi connectivity index (χ4v) is 7.32. The Kier molecular flexibility index (Phi) is 5.84. The molecular weight excluding hydrogens is 585 g/mol. The van der Waals surface area contributed by atoms with Crippen LogP contribution in [-0.2, 0) is 0 Å². The van der Waals surface area contributed by atoms with Gasteiger partial charge in [-0.1, -0.05) is 121 Å². The van der Waals surface area contributed by atoms with Crippen LogP contribution in [0.25, 0.3) is 88.5 Å². The van der Waals surface area contributed by atoms with Crippen molar-refractivity contribution in [2.45, 2.75) is 0 Å². The second kappa shape index (κ2) is 10.5. The van der Waals surface area contributed by atoms with Crippen LogP contribution in [0.3, 0.4) is 0 Å². The Morgan fingerprint density at radius 2 is 0.812 bits per heavy atom. The van der Waals surface area contributed by atoms with Gasteiger partial charge in [-0.2, -0.15) is 0 Å². The van der Waals surface area contributed by atoms with Crippen molar-refractivity contribution >= 4 is 54.6 Å². The third-order valence-corrected chi connectivity index (χ3v) is 9.52. The Hall–Kier alpha value is -6.52. The van der Waals surface area contributed by atoms with Crippen LogP contribution in [-0.4, -0.2) is 19.1 Å². The van der Waals surface area contributed by atoms with E-state index >= 15 is 0 Å². The van der Waals surface area contributed by atoms with E-state index in [0.717, 1.165) is 44.8 Å². The van der Waals surface area contributed by atoms with E-state index in [-0.39, 0.29) is 0 Å². The summed E-state index contributed by atoms with van der Waals surface area (Å²) < 4.78 is 4.67. The fraction of sp³-hybridized carbons (Fsp3) is 0. The van der Waals surface area contributed by atoms with Crippen LogP contribution in [0.2, 0.25) is 0 Å². The molecule has 0 radical (unpaired) electrons.